The molecule has 3 aromatic carbocycles. The minimum atomic E-state index is -0.844. The molecule has 5 rings (SSSR count). The monoisotopic (exact) mass is 458 g/mol. The summed E-state index contributed by atoms with van der Waals surface area (Å²) in [7, 11) is 1.63. The fraction of sp³-hybridized carbons (Fsp3) is 0.185. The van der Waals surface area contributed by atoms with Gasteiger partial charge in [-0.15, -0.1) is 0 Å². The van der Waals surface area contributed by atoms with Crippen LogP contribution < -0.4 is 10.1 Å². The third-order valence-electron chi connectivity index (χ3n) is 6.20. The normalized spacial score (nSPS) is 17.2. The summed E-state index contributed by atoms with van der Waals surface area (Å²) in [6.07, 6.45) is 1.70. The highest BCUT2D eigenvalue weighted by molar-refractivity contribution is 5.97. The predicted octanol–water partition coefficient (Wildman–Crippen LogP) is 4.67. The molecule has 0 saturated carbocycles. The Morgan fingerprint density at radius 1 is 1.12 bits per heavy atom. The van der Waals surface area contributed by atoms with Gasteiger partial charge in [-0.2, -0.15) is 0 Å². The van der Waals surface area contributed by atoms with Crippen molar-refractivity contribution in [2.45, 2.75) is 18.4 Å². The zero-order chi connectivity index (χ0) is 23.7. The largest absolute Gasteiger partial charge is 0.497 e. The fourth-order valence-corrected chi connectivity index (χ4v) is 4.49. The van der Waals surface area contributed by atoms with Gasteiger partial charge in [0.25, 0.3) is 0 Å². The SMILES string of the molecule is COc1ccc2c(CCNC(=O)C3c4ccccc4C(=O)OC3c3ccc(F)cc3)c[nH]c2c1. The lowest BCUT2D eigenvalue weighted by atomic mass is 9.83. The molecule has 2 heterocycles. The Labute approximate surface area is 195 Å². The van der Waals surface area contributed by atoms with Crippen LogP contribution in [0.15, 0.2) is 72.9 Å². The lowest BCUT2D eigenvalue weighted by molar-refractivity contribution is -0.125. The highest BCUT2D eigenvalue weighted by Crippen LogP contribution is 2.40. The average Bonchev–Trinajstić information content (AvgIpc) is 3.26. The van der Waals surface area contributed by atoms with Gasteiger partial charge in [0.15, 0.2) is 0 Å². The van der Waals surface area contributed by atoms with E-state index in [-0.39, 0.29) is 5.91 Å². The third-order valence-corrected chi connectivity index (χ3v) is 6.20. The van der Waals surface area contributed by atoms with Crippen LogP contribution in [0.25, 0.3) is 10.9 Å². The first kappa shape index (κ1) is 21.7. The topological polar surface area (TPSA) is 80.4 Å². The van der Waals surface area contributed by atoms with Crippen LogP contribution in [0, 0.1) is 5.82 Å². The summed E-state index contributed by atoms with van der Waals surface area (Å²) >= 11 is 0. The molecule has 0 spiro atoms. The number of H-pyrrole nitrogens is 1. The predicted molar refractivity (Wildman–Crippen MR) is 125 cm³/mol. The van der Waals surface area contributed by atoms with Crippen molar-refractivity contribution in [3.63, 3.8) is 0 Å². The van der Waals surface area contributed by atoms with E-state index < -0.39 is 23.8 Å². The van der Waals surface area contributed by atoms with Gasteiger partial charge in [0.1, 0.15) is 23.6 Å². The highest BCUT2D eigenvalue weighted by atomic mass is 19.1. The number of methoxy groups -OCH3 is 1. The van der Waals surface area contributed by atoms with Crippen molar-refractivity contribution in [3.8, 4) is 5.75 Å². The maximum Gasteiger partial charge on any atom is 0.339 e. The van der Waals surface area contributed by atoms with Gasteiger partial charge in [-0.25, -0.2) is 9.18 Å². The van der Waals surface area contributed by atoms with Gasteiger partial charge in [-0.1, -0.05) is 30.3 Å². The maximum absolute atomic E-state index is 13.5. The minimum Gasteiger partial charge on any atom is -0.497 e. The van der Waals surface area contributed by atoms with Crippen molar-refractivity contribution in [3.05, 3.63) is 101 Å². The lowest BCUT2D eigenvalue weighted by Crippen LogP contribution is -2.38. The number of benzene rings is 3. The second kappa shape index (κ2) is 9.02. The van der Waals surface area contributed by atoms with E-state index in [1.165, 1.54) is 12.1 Å². The molecule has 2 N–H and O–H groups in total. The summed E-state index contributed by atoms with van der Waals surface area (Å²) in [5.74, 6) is -1.12. The molecule has 1 aliphatic rings. The van der Waals surface area contributed by atoms with Crippen molar-refractivity contribution >= 4 is 22.8 Å². The third kappa shape index (κ3) is 4.01. The van der Waals surface area contributed by atoms with Crippen LogP contribution in [-0.4, -0.2) is 30.5 Å². The van der Waals surface area contributed by atoms with E-state index in [4.69, 9.17) is 9.47 Å². The molecular formula is C27H23FN2O4. The number of amides is 1. The summed E-state index contributed by atoms with van der Waals surface area (Å²) in [5.41, 5.74) is 3.57. The minimum absolute atomic E-state index is 0.254. The second-order valence-corrected chi connectivity index (χ2v) is 8.21. The van der Waals surface area contributed by atoms with Gasteiger partial charge >= 0.3 is 5.97 Å². The van der Waals surface area contributed by atoms with Crippen molar-refractivity contribution < 1.29 is 23.5 Å². The average molecular weight is 458 g/mol. The van der Waals surface area contributed by atoms with Crippen LogP contribution in [0.2, 0.25) is 0 Å². The number of hydrogen-bond acceptors (Lipinski definition) is 4. The molecular weight excluding hydrogens is 435 g/mol. The molecule has 1 aromatic heterocycles. The zero-order valence-electron chi connectivity index (χ0n) is 18.5. The molecule has 0 radical (unpaired) electrons. The number of aromatic nitrogens is 1. The summed E-state index contributed by atoms with van der Waals surface area (Å²) in [6.45, 7) is 0.403. The molecule has 0 bridgehead atoms. The summed E-state index contributed by atoms with van der Waals surface area (Å²) in [6, 6.07) is 18.4. The van der Waals surface area contributed by atoms with Gasteiger partial charge in [0.05, 0.1) is 12.7 Å². The number of aromatic amines is 1. The van der Waals surface area contributed by atoms with Crippen molar-refractivity contribution in [1.29, 1.82) is 0 Å². The number of carbonyl (C=O) groups excluding carboxylic acids is 2. The fourth-order valence-electron chi connectivity index (χ4n) is 4.49. The molecule has 34 heavy (non-hydrogen) atoms. The molecule has 2 atom stereocenters. The molecule has 1 aliphatic heterocycles. The maximum atomic E-state index is 13.5. The molecule has 7 heteroatoms. The first-order valence-corrected chi connectivity index (χ1v) is 11.0. The number of hydrogen-bond donors (Lipinski definition) is 2. The van der Waals surface area contributed by atoms with Crippen LogP contribution in [0.3, 0.4) is 0 Å². The van der Waals surface area contributed by atoms with E-state index in [0.717, 1.165) is 22.2 Å². The first-order chi connectivity index (χ1) is 16.5. The molecule has 0 saturated heterocycles. The van der Waals surface area contributed by atoms with E-state index in [2.05, 4.69) is 10.3 Å². The number of rotatable bonds is 6. The quantitative estimate of drug-likeness (QED) is 0.412. The highest BCUT2D eigenvalue weighted by Gasteiger charge is 2.40. The van der Waals surface area contributed by atoms with E-state index in [9.17, 15) is 14.0 Å². The molecule has 6 nitrogen and oxygen atoms in total. The summed E-state index contributed by atoms with van der Waals surface area (Å²) in [5, 5.41) is 4.07. The Hall–Kier alpha value is -4.13. The number of nitrogens with one attached hydrogen (secondary N) is 2. The number of carbonyl (C=O) groups is 2. The van der Waals surface area contributed by atoms with Gasteiger partial charge < -0.3 is 19.8 Å². The van der Waals surface area contributed by atoms with E-state index in [0.29, 0.717) is 29.7 Å². The van der Waals surface area contributed by atoms with Crippen LogP contribution >= 0.6 is 0 Å². The molecule has 4 aromatic rings. The van der Waals surface area contributed by atoms with E-state index in [1.807, 2.05) is 24.4 Å². The van der Waals surface area contributed by atoms with Crippen molar-refractivity contribution in [1.82, 2.24) is 10.3 Å². The number of halogens is 1. The molecule has 1 amide bonds. The molecule has 0 fully saturated rings. The van der Waals surface area contributed by atoms with E-state index in [1.54, 1.807) is 43.5 Å². The van der Waals surface area contributed by atoms with Crippen LogP contribution in [0.5, 0.6) is 5.75 Å². The zero-order valence-corrected chi connectivity index (χ0v) is 18.5. The van der Waals surface area contributed by atoms with Gasteiger partial charge in [-0.05, 0) is 53.4 Å². The Kier molecular flexibility index (Phi) is 5.76. The van der Waals surface area contributed by atoms with E-state index >= 15 is 0 Å². The number of cyclic esters (lactones) is 1. The molecule has 2 unspecified atom stereocenters. The van der Waals surface area contributed by atoms with Gasteiger partial charge in [0, 0.05) is 29.7 Å². The van der Waals surface area contributed by atoms with Crippen LogP contribution in [0.4, 0.5) is 4.39 Å². The van der Waals surface area contributed by atoms with Gasteiger partial charge in [-0.3, -0.25) is 4.79 Å². The van der Waals surface area contributed by atoms with Gasteiger partial charge in [0.2, 0.25) is 5.91 Å². The summed E-state index contributed by atoms with van der Waals surface area (Å²) < 4.78 is 24.4. The lowest BCUT2D eigenvalue weighted by Gasteiger charge is -2.32. The van der Waals surface area contributed by atoms with Crippen molar-refractivity contribution in [2.75, 3.05) is 13.7 Å². The van der Waals surface area contributed by atoms with Crippen molar-refractivity contribution in [2.24, 2.45) is 0 Å². The Morgan fingerprint density at radius 3 is 2.71 bits per heavy atom. The number of esters is 1. The van der Waals surface area contributed by atoms with Crippen LogP contribution in [-0.2, 0) is 16.0 Å². The smallest absolute Gasteiger partial charge is 0.339 e. The second-order valence-electron chi connectivity index (χ2n) is 8.21. The summed E-state index contributed by atoms with van der Waals surface area (Å²) in [4.78, 5) is 29.2. The Morgan fingerprint density at radius 2 is 1.91 bits per heavy atom. The Bertz CT molecular complexity index is 1360. The Balaban J connectivity index is 1.37. The molecule has 172 valence electrons. The first-order valence-electron chi connectivity index (χ1n) is 11.0. The number of fused-ring (bicyclic) bond motifs is 2. The van der Waals surface area contributed by atoms with Crippen LogP contribution in [0.1, 0.15) is 39.1 Å². The molecule has 0 aliphatic carbocycles. The standard InChI is InChI=1S/C27H23FN2O4/c1-33-19-10-11-20-17(15-30-23(20)14-19)12-13-29-26(31)24-21-4-2-3-5-22(21)27(32)34-25(24)16-6-8-18(28)9-7-16/h2-11,14-15,24-25,30H,12-13H2,1H3,(H,29,31). The number of ether oxygens (including phenoxy) is 2.